The second kappa shape index (κ2) is 3.92. The molecule has 2 heterocycles. The maximum Gasteiger partial charge on any atom is 0.166 e. The number of aromatic nitrogens is 2. The molecule has 0 N–H and O–H groups in total. The summed E-state index contributed by atoms with van der Waals surface area (Å²) in [6.45, 7) is 1.52. The first-order chi connectivity index (χ1) is 6.75. The van der Waals surface area contributed by atoms with Crippen molar-refractivity contribution >= 4 is 5.78 Å². The first-order valence-corrected chi connectivity index (χ1v) is 4.85. The van der Waals surface area contributed by atoms with Gasteiger partial charge in [0, 0.05) is 32.9 Å². The van der Waals surface area contributed by atoms with E-state index in [0.717, 1.165) is 19.6 Å². The summed E-state index contributed by atoms with van der Waals surface area (Å²) in [4.78, 5) is 11.7. The number of aryl methyl sites for hydroxylation is 1. The van der Waals surface area contributed by atoms with Crippen LogP contribution in [-0.2, 0) is 11.8 Å². The minimum absolute atomic E-state index is 0.175. The third-order valence-electron chi connectivity index (χ3n) is 2.52. The molecular weight excluding hydrogens is 180 g/mol. The highest BCUT2D eigenvalue weighted by molar-refractivity contribution is 5.95. The van der Waals surface area contributed by atoms with Crippen molar-refractivity contribution in [3.8, 4) is 0 Å². The Kier molecular flexibility index (Phi) is 2.63. The second-order valence-corrected chi connectivity index (χ2v) is 3.76. The van der Waals surface area contributed by atoms with Crippen molar-refractivity contribution in [3.63, 3.8) is 0 Å². The molecule has 1 aromatic rings. The molecule has 0 saturated carbocycles. The van der Waals surface area contributed by atoms with Crippen LogP contribution in [-0.4, -0.2) is 28.8 Å². The van der Waals surface area contributed by atoms with E-state index in [2.05, 4.69) is 5.10 Å². The SMILES string of the molecule is Cn1cc(C(=O)CC2CCOC2)cn1. The average molecular weight is 194 g/mol. The van der Waals surface area contributed by atoms with Crippen molar-refractivity contribution in [2.45, 2.75) is 12.8 Å². The lowest BCUT2D eigenvalue weighted by Crippen LogP contribution is -2.08. The van der Waals surface area contributed by atoms with Gasteiger partial charge in [0.1, 0.15) is 0 Å². The van der Waals surface area contributed by atoms with Crippen LogP contribution in [0.15, 0.2) is 12.4 Å². The lowest BCUT2D eigenvalue weighted by Gasteiger charge is -2.03. The van der Waals surface area contributed by atoms with Gasteiger partial charge < -0.3 is 4.74 Å². The van der Waals surface area contributed by atoms with Gasteiger partial charge in [-0.2, -0.15) is 5.10 Å². The van der Waals surface area contributed by atoms with E-state index in [-0.39, 0.29) is 5.78 Å². The van der Waals surface area contributed by atoms with E-state index in [4.69, 9.17) is 4.74 Å². The predicted molar refractivity (Wildman–Crippen MR) is 51.1 cm³/mol. The number of Topliss-reactive ketones (excluding diaryl/α,β-unsaturated/α-hetero) is 1. The van der Waals surface area contributed by atoms with Crippen LogP contribution in [0, 0.1) is 5.92 Å². The summed E-state index contributed by atoms with van der Waals surface area (Å²) in [6, 6.07) is 0. The maximum absolute atomic E-state index is 11.7. The molecule has 1 aliphatic heterocycles. The van der Waals surface area contributed by atoms with Gasteiger partial charge in [-0.3, -0.25) is 9.48 Å². The van der Waals surface area contributed by atoms with Crippen molar-refractivity contribution in [1.29, 1.82) is 0 Å². The van der Waals surface area contributed by atoms with Gasteiger partial charge in [0.15, 0.2) is 5.78 Å². The Morgan fingerprint density at radius 3 is 3.21 bits per heavy atom. The molecule has 4 heteroatoms. The van der Waals surface area contributed by atoms with Crippen LogP contribution in [0.3, 0.4) is 0 Å². The number of nitrogens with zero attached hydrogens (tertiary/aromatic N) is 2. The topological polar surface area (TPSA) is 44.1 Å². The van der Waals surface area contributed by atoms with Gasteiger partial charge in [0.2, 0.25) is 0 Å². The summed E-state index contributed by atoms with van der Waals surface area (Å²) < 4.78 is 6.88. The first-order valence-electron chi connectivity index (χ1n) is 4.85. The smallest absolute Gasteiger partial charge is 0.166 e. The second-order valence-electron chi connectivity index (χ2n) is 3.76. The van der Waals surface area contributed by atoms with Crippen molar-refractivity contribution in [2.24, 2.45) is 13.0 Å². The van der Waals surface area contributed by atoms with Gasteiger partial charge in [-0.05, 0) is 12.3 Å². The molecule has 4 nitrogen and oxygen atoms in total. The Morgan fingerprint density at radius 1 is 1.79 bits per heavy atom. The highest BCUT2D eigenvalue weighted by Gasteiger charge is 2.20. The summed E-state index contributed by atoms with van der Waals surface area (Å²) in [7, 11) is 1.81. The standard InChI is InChI=1S/C10H14N2O2/c1-12-6-9(5-11-12)10(13)4-8-2-3-14-7-8/h5-6,8H,2-4,7H2,1H3. The average Bonchev–Trinajstić information content (AvgIpc) is 2.75. The molecule has 1 atom stereocenters. The number of carbonyl (C=O) groups is 1. The summed E-state index contributed by atoms with van der Waals surface area (Å²) in [5.41, 5.74) is 0.708. The molecule has 1 fully saturated rings. The molecule has 0 bridgehead atoms. The molecular formula is C10H14N2O2. The van der Waals surface area contributed by atoms with Crippen molar-refractivity contribution < 1.29 is 9.53 Å². The Morgan fingerprint density at radius 2 is 2.64 bits per heavy atom. The van der Waals surface area contributed by atoms with Crippen LogP contribution in [0.2, 0.25) is 0 Å². The fraction of sp³-hybridized carbons (Fsp3) is 0.600. The molecule has 0 aliphatic carbocycles. The molecule has 0 radical (unpaired) electrons. The van der Waals surface area contributed by atoms with E-state index in [1.54, 1.807) is 17.1 Å². The Hall–Kier alpha value is -1.16. The lowest BCUT2D eigenvalue weighted by atomic mass is 9.99. The predicted octanol–water partition coefficient (Wildman–Crippen LogP) is 1.03. The zero-order valence-electron chi connectivity index (χ0n) is 8.27. The maximum atomic E-state index is 11.7. The third kappa shape index (κ3) is 2.01. The van der Waals surface area contributed by atoms with E-state index in [9.17, 15) is 4.79 Å². The molecule has 14 heavy (non-hydrogen) atoms. The zero-order valence-corrected chi connectivity index (χ0v) is 8.27. The van der Waals surface area contributed by atoms with Crippen molar-refractivity contribution in [2.75, 3.05) is 13.2 Å². The van der Waals surface area contributed by atoms with Crippen molar-refractivity contribution in [3.05, 3.63) is 18.0 Å². The Bertz CT molecular complexity index is 327. The van der Waals surface area contributed by atoms with Crippen LogP contribution in [0.25, 0.3) is 0 Å². The largest absolute Gasteiger partial charge is 0.381 e. The molecule has 0 aromatic carbocycles. The molecule has 0 spiro atoms. The summed E-state index contributed by atoms with van der Waals surface area (Å²) >= 11 is 0. The van der Waals surface area contributed by atoms with Gasteiger partial charge in [0.25, 0.3) is 0 Å². The van der Waals surface area contributed by atoms with E-state index in [0.29, 0.717) is 17.9 Å². The van der Waals surface area contributed by atoms with Gasteiger partial charge in [-0.25, -0.2) is 0 Å². The van der Waals surface area contributed by atoms with Crippen LogP contribution >= 0.6 is 0 Å². The fourth-order valence-electron chi connectivity index (χ4n) is 1.69. The molecule has 1 unspecified atom stereocenters. The first kappa shape index (κ1) is 9.40. The number of hydrogen-bond acceptors (Lipinski definition) is 3. The van der Waals surface area contributed by atoms with Crippen molar-refractivity contribution in [1.82, 2.24) is 9.78 Å². The van der Waals surface area contributed by atoms with Crippen LogP contribution in [0.1, 0.15) is 23.2 Å². The summed E-state index contributed by atoms with van der Waals surface area (Å²) in [5, 5.41) is 3.98. The molecule has 2 rings (SSSR count). The van der Waals surface area contributed by atoms with E-state index in [1.165, 1.54) is 0 Å². The Balaban J connectivity index is 1.95. The Labute approximate surface area is 82.9 Å². The minimum Gasteiger partial charge on any atom is -0.381 e. The van der Waals surface area contributed by atoms with Gasteiger partial charge >= 0.3 is 0 Å². The highest BCUT2D eigenvalue weighted by atomic mass is 16.5. The van der Waals surface area contributed by atoms with Crippen LogP contribution < -0.4 is 0 Å². The highest BCUT2D eigenvalue weighted by Crippen LogP contribution is 2.18. The van der Waals surface area contributed by atoms with Gasteiger partial charge in [-0.15, -0.1) is 0 Å². The van der Waals surface area contributed by atoms with E-state index >= 15 is 0 Å². The zero-order chi connectivity index (χ0) is 9.97. The molecule has 1 saturated heterocycles. The lowest BCUT2D eigenvalue weighted by molar-refractivity contribution is 0.0952. The quantitative estimate of drug-likeness (QED) is 0.675. The normalized spacial score (nSPS) is 21.4. The van der Waals surface area contributed by atoms with Gasteiger partial charge in [-0.1, -0.05) is 0 Å². The number of ether oxygens (including phenoxy) is 1. The summed E-state index contributed by atoms with van der Waals surface area (Å²) in [6.07, 6.45) is 4.98. The third-order valence-corrected chi connectivity index (χ3v) is 2.52. The monoisotopic (exact) mass is 194 g/mol. The van der Waals surface area contributed by atoms with Crippen LogP contribution in [0.4, 0.5) is 0 Å². The molecule has 76 valence electrons. The molecule has 0 amide bonds. The van der Waals surface area contributed by atoms with E-state index < -0.39 is 0 Å². The number of ketones is 1. The molecule has 1 aliphatic rings. The van der Waals surface area contributed by atoms with E-state index in [1.807, 2.05) is 7.05 Å². The fourth-order valence-corrected chi connectivity index (χ4v) is 1.69. The minimum atomic E-state index is 0.175. The summed E-state index contributed by atoms with van der Waals surface area (Å²) in [5.74, 6) is 0.580. The molecule has 1 aromatic heterocycles. The number of rotatable bonds is 3. The number of carbonyl (C=O) groups excluding carboxylic acids is 1. The number of hydrogen-bond donors (Lipinski definition) is 0. The van der Waals surface area contributed by atoms with Gasteiger partial charge in [0.05, 0.1) is 11.8 Å². The van der Waals surface area contributed by atoms with Crippen LogP contribution in [0.5, 0.6) is 0 Å².